The van der Waals surface area contributed by atoms with Crippen LogP contribution >= 0.6 is 0 Å². The molecule has 2 aromatic rings. The van der Waals surface area contributed by atoms with Crippen molar-refractivity contribution >= 4 is 17.5 Å². The Kier molecular flexibility index (Phi) is 5.06. The minimum absolute atomic E-state index is 0.0716. The molecular weight excluding hydrogens is 370 g/mol. The average Bonchev–Trinajstić information content (AvgIpc) is 3.05. The van der Waals surface area contributed by atoms with Gasteiger partial charge in [0.05, 0.1) is 0 Å². The Morgan fingerprint density at radius 2 is 1.83 bits per heavy atom. The van der Waals surface area contributed by atoms with Crippen molar-refractivity contribution in [3.63, 3.8) is 0 Å². The number of carbonyl (C=O) groups is 1. The number of nitrogens with two attached hydrogens (primary N) is 1. The molecule has 0 amide bonds. The maximum Gasteiger partial charge on any atom is 0.160 e. The van der Waals surface area contributed by atoms with E-state index < -0.39 is 0 Å². The van der Waals surface area contributed by atoms with Gasteiger partial charge < -0.3 is 15.6 Å². The van der Waals surface area contributed by atoms with Crippen molar-refractivity contribution < 1.29 is 4.79 Å². The van der Waals surface area contributed by atoms with Crippen molar-refractivity contribution in [1.82, 2.24) is 9.88 Å². The van der Waals surface area contributed by atoms with E-state index in [1.54, 1.807) is 6.08 Å². The third-order valence-corrected chi connectivity index (χ3v) is 7.67. The van der Waals surface area contributed by atoms with E-state index in [9.17, 15) is 4.79 Å². The lowest BCUT2D eigenvalue weighted by molar-refractivity contribution is -0.113. The van der Waals surface area contributed by atoms with Crippen LogP contribution in [0.3, 0.4) is 0 Å². The van der Waals surface area contributed by atoms with E-state index in [2.05, 4.69) is 22.1 Å². The van der Waals surface area contributed by atoms with Crippen LogP contribution in [0.15, 0.2) is 42.6 Å². The van der Waals surface area contributed by atoms with Gasteiger partial charge in [0.2, 0.25) is 0 Å². The number of anilines is 1. The summed E-state index contributed by atoms with van der Waals surface area (Å²) in [6.45, 7) is 0.919. The number of aromatic nitrogens is 1. The molecule has 4 bridgehead atoms. The highest BCUT2D eigenvalue weighted by molar-refractivity contribution is 5.95. The van der Waals surface area contributed by atoms with Gasteiger partial charge in [-0.25, -0.2) is 0 Å². The van der Waals surface area contributed by atoms with E-state index >= 15 is 0 Å². The smallest absolute Gasteiger partial charge is 0.160 e. The second-order valence-corrected chi connectivity index (χ2v) is 10.1. The van der Waals surface area contributed by atoms with Crippen LogP contribution in [0.4, 0.5) is 5.69 Å². The van der Waals surface area contributed by atoms with Gasteiger partial charge >= 0.3 is 0 Å². The zero-order valence-electron chi connectivity index (χ0n) is 17.9. The average molecular weight is 404 g/mol. The number of carbonyl (C=O) groups excluding carboxylic acids is 1. The fraction of sp³-hybridized carbons (Fsp3) is 0.500. The molecule has 6 rings (SSSR count). The van der Waals surface area contributed by atoms with Crippen molar-refractivity contribution in [3.05, 3.63) is 59.4 Å². The van der Waals surface area contributed by atoms with E-state index in [1.807, 2.05) is 37.4 Å². The third-order valence-electron chi connectivity index (χ3n) is 7.67. The van der Waals surface area contributed by atoms with Crippen LogP contribution in [-0.2, 0) is 24.8 Å². The Balaban J connectivity index is 1.20. The molecule has 1 heterocycles. The lowest BCUT2D eigenvalue weighted by atomic mass is 9.53. The molecule has 4 heteroatoms. The number of nitrogens with one attached hydrogen (secondary N) is 1. The molecule has 0 atom stereocenters. The van der Waals surface area contributed by atoms with Gasteiger partial charge in [-0.15, -0.1) is 0 Å². The quantitative estimate of drug-likeness (QED) is 0.529. The molecule has 4 aliphatic rings. The Morgan fingerprint density at radius 3 is 2.50 bits per heavy atom. The number of allylic oxidation sites excluding steroid dienone is 1. The van der Waals surface area contributed by atoms with Gasteiger partial charge in [0.15, 0.2) is 5.78 Å². The molecule has 30 heavy (non-hydrogen) atoms. The molecular formula is C26H33N3O. The number of aryl methyl sites for hydroxylation is 1. The van der Waals surface area contributed by atoms with Crippen molar-refractivity contribution in [1.29, 1.82) is 0 Å². The summed E-state index contributed by atoms with van der Waals surface area (Å²) in [6.07, 6.45) is 14.7. The monoisotopic (exact) mass is 403 g/mol. The Labute approximate surface area is 179 Å². The Morgan fingerprint density at radius 1 is 1.17 bits per heavy atom. The fourth-order valence-electron chi connectivity index (χ4n) is 6.65. The second-order valence-electron chi connectivity index (χ2n) is 10.1. The van der Waals surface area contributed by atoms with Crippen LogP contribution in [0.1, 0.15) is 55.3 Å². The molecule has 4 nitrogen and oxygen atoms in total. The zero-order chi connectivity index (χ0) is 20.7. The first-order valence-corrected chi connectivity index (χ1v) is 11.4. The highest BCUT2D eigenvalue weighted by Crippen LogP contribution is 2.55. The van der Waals surface area contributed by atoms with Gasteiger partial charge in [-0.3, -0.25) is 4.79 Å². The summed E-state index contributed by atoms with van der Waals surface area (Å²) in [7, 11) is 2.05. The van der Waals surface area contributed by atoms with E-state index in [-0.39, 0.29) is 5.78 Å². The molecule has 0 aliphatic heterocycles. The van der Waals surface area contributed by atoms with E-state index in [0.29, 0.717) is 17.6 Å². The zero-order valence-corrected chi connectivity index (χ0v) is 17.9. The molecule has 1 aromatic carbocycles. The first-order chi connectivity index (χ1) is 14.5. The molecule has 158 valence electrons. The number of benzene rings is 1. The largest absolute Gasteiger partial charge is 0.398 e. The summed E-state index contributed by atoms with van der Waals surface area (Å²) in [4.78, 5) is 12.4. The Hall–Kier alpha value is -2.33. The molecule has 0 saturated heterocycles. The maximum absolute atomic E-state index is 12.4. The van der Waals surface area contributed by atoms with E-state index in [1.165, 1.54) is 44.1 Å². The van der Waals surface area contributed by atoms with Crippen molar-refractivity contribution in [2.45, 2.75) is 57.0 Å². The fourth-order valence-corrected chi connectivity index (χ4v) is 6.65. The summed E-state index contributed by atoms with van der Waals surface area (Å²) in [5.41, 5.74) is 10.3. The molecule has 3 N–H and O–H groups in total. The standard InChI is InChI=1S/C26H33N3O/c1-29-17-21(16-28-26-13-18-8-19(14-26)10-20(9-18)15-26)11-23(29)6-7-24(30)12-22-4-2-3-5-25(22)27/h2-7,11,17-20,28H,8-10,12-16,27H2,1H3/b7-6+. The van der Waals surface area contributed by atoms with Gasteiger partial charge in [0.1, 0.15) is 0 Å². The van der Waals surface area contributed by atoms with Crippen LogP contribution in [0.2, 0.25) is 0 Å². The first-order valence-electron chi connectivity index (χ1n) is 11.4. The molecule has 4 fully saturated rings. The van der Waals surface area contributed by atoms with Crippen LogP contribution in [0.5, 0.6) is 0 Å². The number of rotatable bonds is 7. The van der Waals surface area contributed by atoms with Gasteiger partial charge in [-0.1, -0.05) is 18.2 Å². The number of nitrogen functional groups attached to an aromatic ring is 1. The molecule has 1 aromatic heterocycles. The number of para-hydroxylation sites is 1. The first kappa shape index (κ1) is 19.6. The van der Waals surface area contributed by atoms with Gasteiger partial charge in [-0.2, -0.15) is 0 Å². The van der Waals surface area contributed by atoms with Gasteiger partial charge in [-0.05, 0) is 91.7 Å². The number of hydrogen-bond donors (Lipinski definition) is 2. The summed E-state index contributed by atoms with van der Waals surface area (Å²) >= 11 is 0. The Bertz CT molecular complexity index is 935. The minimum atomic E-state index is 0.0716. The van der Waals surface area contributed by atoms with Crippen LogP contribution in [0.25, 0.3) is 6.08 Å². The summed E-state index contributed by atoms with van der Waals surface area (Å²) in [6, 6.07) is 9.77. The SMILES string of the molecule is Cn1cc(CNC23CC4CC(CC(C4)C2)C3)cc1/C=C/C(=O)Cc1ccccc1N. The van der Waals surface area contributed by atoms with Crippen LogP contribution < -0.4 is 11.1 Å². The second kappa shape index (κ2) is 7.73. The highest BCUT2D eigenvalue weighted by atomic mass is 16.1. The van der Waals surface area contributed by atoms with Crippen molar-refractivity contribution in [2.75, 3.05) is 5.73 Å². The van der Waals surface area contributed by atoms with Crippen LogP contribution in [0, 0.1) is 17.8 Å². The minimum Gasteiger partial charge on any atom is -0.398 e. The predicted octanol–water partition coefficient (Wildman–Crippen LogP) is 4.49. The van der Waals surface area contributed by atoms with E-state index in [4.69, 9.17) is 5.73 Å². The predicted molar refractivity (Wildman–Crippen MR) is 122 cm³/mol. The topological polar surface area (TPSA) is 60.0 Å². The molecule has 0 spiro atoms. The summed E-state index contributed by atoms with van der Waals surface area (Å²) in [5, 5.41) is 3.97. The molecule has 4 aliphatic carbocycles. The lowest BCUT2D eigenvalue weighted by Gasteiger charge is -2.57. The third kappa shape index (κ3) is 3.98. The normalized spacial score (nSPS) is 29.7. The molecule has 0 unspecified atom stereocenters. The van der Waals surface area contributed by atoms with E-state index in [0.717, 1.165) is 35.6 Å². The maximum atomic E-state index is 12.4. The van der Waals surface area contributed by atoms with Gasteiger partial charge in [0, 0.05) is 43.1 Å². The number of ketones is 1. The van der Waals surface area contributed by atoms with Crippen LogP contribution in [-0.4, -0.2) is 15.9 Å². The summed E-state index contributed by atoms with van der Waals surface area (Å²) in [5.74, 6) is 2.95. The molecule has 4 saturated carbocycles. The highest BCUT2D eigenvalue weighted by Gasteiger charge is 2.50. The summed E-state index contributed by atoms with van der Waals surface area (Å²) < 4.78 is 2.11. The molecule has 0 radical (unpaired) electrons. The lowest BCUT2D eigenvalue weighted by Crippen LogP contribution is -2.58. The van der Waals surface area contributed by atoms with Crippen molar-refractivity contribution in [2.24, 2.45) is 24.8 Å². The van der Waals surface area contributed by atoms with Gasteiger partial charge in [0.25, 0.3) is 0 Å². The van der Waals surface area contributed by atoms with Crippen molar-refractivity contribution in [3.8, 4) is 0 Å². The number of hydrogen-bond acceptors (Lipinski definition) is 3. The number of nitrogens with zero attached hydrogens (tertiary/aromatic N) is 1.